The number of hydrogen-bond acceptors (Lipinski definition) is 2. The second kappa shape index (κ2) is 10.7. The number of ether oxygens (including phenoxy) is 1. The molecule has 94 valence electrons. The Morgan fingerprint density at radius 1 is 1.06 bits per heavy atom. The van der Waals surface area contributed by atoms with E-state index in [0.717, 1.165) is 12.8 Å². The molecule has 0 rings (SSSR count). The van der Waals surface area contributed by atoms with Crippen LogP contribution in [0, 0.1) is 0 Å². The second-order valence-electron chi connectivity index (χ2n) is 4.06. The standard InChI is InChI=1S/C14H26O2/c1-4-7-8-9-10-13(5-2)11-12-14(15)16-6-3/h5H,4,6-12H2,1-3H3. The van der Waals surface area contributed by atoms with Crippen molar-refractivity contribution in [1.82, 2.24) is 0 Å². The van der Waals surface area contributed by atoms with Crippen LogP contribution in [0.3, 0.4) is 0 Å². The third-order valence-electron chi connectivity index (χ3n) is 2.72. The number of hydrogen-bond donors (Lipinski definition) is 0. The minimum absolute atomic E-state index is 0.0737. The highest BCUT2D eigenvalue weighted by Crippen LogP contribution is 2.15. The topological polar surface area (TPSA) is 26.3 Å². The number of rotatable bonds is 9. The molecule has 16 heavy (non-hydrogen) atoms. The van der Waals surface area contributed by atoms with Crippen LogP contribution in [0.1, 0.15) is 65.7 Å². The fourth-order valence-electron chi connectivity index (χ4n) is 1.69. The van der Waals surface area contributed by atoms with Crippen LogP contribution in [0.4, 0.5) is 0 Å². The zero-order chi connectivity index (χ0) is 12.2. The molecule has 0 spiro atoms. The normalized spacial score (nSPS) is 11.6. The molecule has 0 heterocycles. The van der Waals surface area contributed by atoms with E-state index in [0.29, 0.717) is 13.0 Å². The molecule has 0 fully saturated rings. The van der Waals surface area contributed by atoms with Gasteiger partial charge in [-0.25, -0.2) is 0 Å². The summed E-state index contributed by atoms with van der Waals surface area (Å²) in [5, 5.41) is 0. The molecule has 0 bridgehead atoms. The summed E-state index contributed by atoms with van der Waals surface area (Å²) in [6, 6.07) is 0. The molecule has 2 nitrogen and oxygen atoms in total. The summed E-state index contributed by atoms with van der Waals surface area (Å²) in [5.41, 5.74) is 1.39. The highest BCUT2D eigenvalue weighted by Gasteiger charge is 2.04. The minimum atomic E-state index is -0.0737. The van der Waals surface area contributed by atoms with Gasteiger partial charge in [0.25, 0.3) is 0 Å². The lowest BCUT2D eigenvalue weighted by atomic mass is 10.0. The van der Waals surface area contributed by atoms with E-state index in [9.17, 15) is 4.79 Å². The number of esters is 1. The highest BCUT2D eigenvalue weighted by molar-refractivity contribution is 5.69. The first-order valence-corrected chi connectivity index (χ1v) is 6.54. The van der Waals surface area contributed by atoms with Gasteiger partial charge in [0, 0.05) is 6.42 Å². The van der Waals surface area contributed by atoms with E-state index in [-0.39, 0.29) is 5.97 Å². The van der Waals surface area contributed by atoms with Crippen molar-refractivity contribution >= 4 is 5.97 Å². The molecule has 0 aromatic heterocycles. The van der Waals surface area contributed by atoms with Crippen molar-refractivity contribution in [1.29, 1.82) is 0 Å². The van der Waals surface area contributed by atoms with Crippen LogP contribution in [-0.4, -0.2) is 12.6 Å². The Labute approximate surface area is 100 Å². The van der Waals surface area contributed by atoms with Crippen LogP contribution in [0.5, 0.6) is 0 Å². The number of carbonyl (C=O) groups excluding carboxylic acids is 1. The van der Waals surface area contributed by atoms with Crippen LogP contribution in [0.2, 0.25) is 0 Å². The minimum Gasteiger partial charge on any atom is -0.466 e. The van der Waals surface area contributed by atoms with Gasteiger partial charge in [-0.15, -0.1) is 0 Å². The van der Waals surface area contributed by atoms with Gasteiger partial charge in [0.1, 0.15) is 0 Å². The molecule has 0 aliphatic rings. The van der Waals surface area contributed by atoms with Gasteiger partial charge in [-0.2, -0.15) is 0 Å². The fraction of sp³-hybridized carbons (Fsp3) is 0.786. The van der Waals surface area contributed by atoms with E-state index >= 15 is 0 Å². The lowest BCUT2D eigenvalue weighted by Gasteiger charge is -2.06. The van der Waals surface area contributed by atoms with Crippen molar-refractivity contribution in [2.45, 2.75) is 65.7 Å². The van der Waals surface area contributed by atoms with Gasteiger partial charge >= 0.3 is 5.97 Å². The molecule has 0 aromatic carbocycles. The zero-order valence-electron chi connectivity index (χ0n) is 11.1. The summed E-state index contributed by atoms with van der Waals surface area (Å²) in [7, 11) is 0. The first kappa shape index (κ1) is 15.2. The van der Waals surface area contributed by atoms with E-state index < -0.39 is 0 Å². The Morgan fingerprint density at radius 3 is 2.38 bits per heavy atom. The summed E-state index contributed by atoms with van der Waals surface area (Å²) >= 11 is 0. The van der Waals surface area contributed by atoms with E-state index in [4.69, 9.17) is 4.74 Å². The fourth-order valence-corrected chi connectivity index (χ4v) is 1.69. The Balaban J connectivity index is 3.64. The maximum atomic E-state index is 11.2. The monoisotopic (exact) mass is 226 g/mol. The molecule has 0 N–H and O–H groups in total. The van der Waals surface area contributed by atoms with Crippen LogP contribution in [0.25, 0.3) is 0 Å². The van der Waals surface area contributed by atoms with Gasteiger partial charge < -0.3 is 4.74 Å². The van der Waals surface area contributed by atoms with Crippen molar-refractivity contribution < 1.29 is 9.53 Å². The first-order chi connectivity index (χ1) is 7.74. The third kappa shape index (κ3) is 8.51. The lowest BCUT2D eigenvalue weighted by molar-refractivity contribution is -0.143. The third-order valence-corrected chi connectivity index (χ3v) is 2.72. The molecule has 0 amide bonds. The summed E-state index contributed by atoms with van der Waals surface area (Å²) < 4.78 is 4.91. The smallest absolute Gasteiger partial charge is 0.306 e. The average Bonchev–Trinajstić information content (AvgIpc) is 2.28. The van der Waals surface area contributed by atoms with E-state index in [2.05, 4.69) is 19.9 Å². The largest absolute Gasteiger partial charge is 0.466 e. The molecular weight excluding hydrogens is 200 g/mol. The molecule has 0 radical (unpaired) electrons. The Morgan fingerprint density at radius 2 is 1.81 bits per heavy atom. The summed E-state index contributed by atoms with van der Waals surface area (Å²) in [6.45, 7) is 6.61. The summed E-state index contributed by atoms with van der Waals surface area (Å²) in [6.07, 6.45) is 9.80. The Hall–Kier alpha value is -0.790. The van der Waals surface area contributed by atoms with Gasteiger partial charge in [0.2, 0.25) is 0 Å². The number of unbranched alkanes of at least 4 members (excludes halogenated alkanes) is 3. The van der Waals surface area contributed by atoms with Crippen molar-refractivity contribution in [3.8, 4) is 0 Å². The molecule has 0 aromatic rings. The highest BCUT2D eigenvalue weighted by atomic mass is 16.5. The molecule has 0 saturated heterocycles. The molecule has 0 aliphatic carbocycles. The van der Waals surface area contributed by atoms with Crippen molar-refractivity contribution in [3.63, 3.8) is 0 Å². The molecule has 0 atom stereocenters. The van der Waals surface area contributed by atoms with Gasteiger partial charge in [-0.1, -0.05) is 37.8 Å². The Kier molecular flexibility index (Phi) is 10.2. The molecular formula is C14H26O2. The molecule has 2 heteroatoms. The quantitative estimate of drug-likeness (QED) is 0.334. The van der Waals surface area contributed by atoms with Crippen molar-refractivity contribution in [2.24, 2.45) is 0 Å². The van der Waals surface area contributed by atoms with Crippen molar-refractivity contribution in [3.05, 3.63) is 11.6 Å². The summed E-state index contributed by atoms with van der Waals surface area (Å²) in [4.78, 5) is 11.2. The van der Waals surface area contributed by atoms with Crippen LogP contribution in [-0.2, 0) is 9.53 Å². The lowest BCUT2D eigenvalue weighted by Crippen LogP contribution is -2.04. The van der Waals surface area contributed by atoms with Gasteiger partial charge in [0.15, 0.2) is 0 Å². The van der Waals surface area contributed by atoms with E-state index in [1.165, 1.54) is 31.3 Å². The first-order valence-electron chi connectivity index (χ1n) is 6.54. The predicted octanol–water partition coefficient (Wildman–Crippen LogP) is 4.25. The molecule has 0 aliphatic heterocycles. The molecule has 0 saturated carbocycles. The van der Waals surface area contributed by atoms with Gasteiger partial charge in [-0.3, -0.25) is 4.79 Å². The van der Waals surface area contributed by atoms with Crippen molar-refractivity contribution in [2.75, 3.05) is 6.61 Å². The number of allylic oxidation sites excluding steroid dienone is 2. The van der Waals surface area contributed by atoms with Gasteiger partial charge in [-0.05, 0) is 33.1 Å². The average molecular weight is 226 g/mol. The van der Waals surface area contributed by atoms with Crippen LogP contribution < -0.4 is 0 Å². The van der Waals surface area contributed by atoms with Gasteiger partial charge in [0.05, 0.1) is 6.61 Å². The molecule has 0 unspecified atom stereocenters. The maximum absolute atomic E-state index is 11.2. The van der Waals surface area contributed by atoms with Crippen LogP contribution in [0.15, 0.2) is 11.6 Å². The predicted molar refractivity (Wildman–Crippen MR) is 68.4 cm³/mol. The Bertz CT molecular complexity index is 207. The van der Waals surface area contributed by atoms with Crippen LogP contribution >= 0.6 is 0 Å². The zero-order valence-corrected chi connectivity index (χ0v) is 11.1. The SMILES string of the molecule is CC=C(CCCCCC)CCC(=O)OCC. The van der Waals surface area contributed by atoms with E-state index in [1.807, 2.05) is 6.92 Å². The second-order valence-corrected chi connectivity index (χ2v) is 4.06. The maximum Gasteiger partial charge on any atom is 0.306 e. The summed E-state index contributed by atoms with van der Waals surface area (Å²) in [5.74, 6) is -0.0737. The van der Waals surface area contributed by atoms with E-state index in [1.54, 1.807) is 0 Å². The number of carbonyl (C=O) groups is 1.